The lowest BCUT2D eigenvalue weighted by atomic mass is 10.2. The standard InChI is InChI=1S/C12H13O4/c1-9(13)7-12(14)16-8-10-3-5-11(15-2)6-4-10/h3-7H,8H2,1-2H3. The van der Waals surface area contributed by atoms with Crippen LogP contribution in [0.2, 0.25) is 0 Å². The fraction of sp³-hybridized carbons (Fsp3) is 0.250. The average Bonchev–Trinajstić information content (AvgIpc) is 2.26. The molecule has 0 aliphatic carbocycles. The van der Waals surface area contributed by atoms with Gasteiger partial charge in [-0.2, -0.15) is 0 Å². The summed E-state index contributed by atoms with van der Waals surface area (Å²) in [6.45, 7) is 1.45. The molecule has 0 amide bonds. The molecule has 1 aromatic carbocycles. The Bertz CT molecular complexity index is 367. The summed E-state index contributed by atoms with van der Waals surface area (Å²) in [5.41, 5.74) is 0.839. The quantitative estimate of drug-likeness (QED) is 0.559. The van der Waals surface area contributed by atoms with E-state index in [1.165, 1.54) is 6.92 Å². The van der Waals surface area contributed by atoms with Gasteiger partial charge in [-0.3, -0.25) is 9.59 Å². The van der Waals surface area contributed by atoms with Gasteiger partial charge in [0, 0.05) is 0 Å². The monoisotopic (exact) mass is 221 g/mol. The zero-order valence-electron chi connectivity index (χ0n) is 9.23. The molecule has 0 bridgehead atoms. The van der Waals surface area contributed by atoms with Crippen LogP contribution in [-0.4, -0.2) is 18.9 Å². The molecule has 4 heteroatoms. The van der Waals surface area contributed by atoms with E-state index in [0.717, 1.165) is 17.7 Å². The van der Waals surface area contributed by atoms with E-state index in [4.69, 9.17) is 9.47 Å². The van der Waals surface area contributed by atoms with Crippen molar-refractivity contribution in [1.29, 1.82) is 0 Å². The van der Waals surface area contributed by atoms with Crippen molar-refractivity contribution in [3.8, 4) is 5.75 Å². The predicted octanol–water partition coefficient (Wildman–Crippen LogP) is 1.53. The van der Waals surface area contributed by atoms with Gasteiger partial charge in [-0.1, -0.05) is 12.1 Å². The molecule has 4 nitrogen and oxygen atoms in total. The number of carbonyl (C=O) groups excluding carboxylic acids is 2. The van der Waals surface area contributed by atoms with Gasteiger partial charge in [-0.25, -0.2) is 0 Å². The van der Waals surface area contributed by atoms with E-state index in [9.17, 15) is 9.59 Å². The Morgan fingerprint density at radius 2 is 1.88 bits per heavy atom. The highest BCUT2D eigenvalue weighted by Gasteiger charge is 2.07. The minimum atomic E-state index is -0.622. The van der Waals surface area contributed by atoms with Crippen molar-refractivity contribution >= 4 is 11.8 Å². The highest BCUT2D eigenvalue weighted by molar-refractivity contribution is 6.05. The van der Waals surface area contributed by atoms with E-state index in [2.05, 4.69) is 0 Å². The molecule has 0 aliphatic heterocycles. The zero-order valence-corrected chi connectivity index (χ0v) is 9.23. The minimum Gasteiger partial charge on any atom is -0.497 e. The van der Waals surface area contributed by atoms with E-state index < -0.39 is 5.97 Å². The maximum atomic E-state index is 11.0. The summed E-state index contributed by atoms with van der Waals surface area (Å²) in [7, 11) is 1.58. The number of carbonyl (C=O) groups is 2. The third kappa shape index (κ3) is 4.13. The highest BCUT2D eigenvalue weighted by atomic mass is 16.5. The lowest BCUT2D eigenvalue weighted by molar-refractivity contribution is -0.142. The summed E-state index contributed by atoms with van der Waals surface area (Å²) in [5.74, 6) is -0.201. The van der Waals surface area contributed by atoms with Crippen LogP contribution in [0, 0.1) is 6.42 Å². The first kappa shape index (κ1) is 12.2. The van der Waals surface area contributed by atoms with Crippen molar-refractivity contribution < 1.29 is 19.1 Å². The number of ketones is 1. The van der Waals surface area contributed by atoms with E-state index >= 15 is 0 Å². The number of hydrogen-bond acceptors (Lipinski definition) is 4. The topological polar surface area (TPSA) is 52.6 Å². The first-order valence-electron chi connectivity index (χ1n) is 4.77. The van der Waals surface area contributed by atoms with Gasteiger partial charge in [0.05, 0.1) is 7.11 Å². The summed E-state index contributed by atoms with van der Waals surface area (Å²) in [6, 6.07) is 7.13. The second-order valence-corrected chi connectivity index (χ2v) is 3.21. The highest BCUT2D eigenvalue weighted by Crippen LogP contribution is 2.12. The Morgan fingerprint density at radius 3 is 2.38 bits per heavy atom. The molecule has 0 atom stereocenters. The maximum Gasteiger partial charge on any atom is 0.318 e. The van der Waals surface area contributed by atoms with Crippen LogP contribution in [0.15, 0.2) is 24.3 Å². The molecule has 0 aliphatic rings. The van der Waals surface area contributed by atoms with Crippen LogP contribution in [0.25, 0.3) is 0 Å². The Balaban J connectivity index is 2.42. The molecule has 0 N–H and O–H groups in total. The molecule has 1 radical (unpaired) electrons. The van der Waals surface area contributed by atoms with Crippen molar-refractivity contribution in [3.05, 3.63) is 36.2 Å². The van der Waals surface area contributed by atoms with E-state index in [1.54, 1.807) is 31.4 Å². The Kier molecular flexibility index (Phi) is 4.51. The van der Waals surface area contributed by atoms with Crippen molar-refractivity contribution in [1.82, 2.24) is 0 Å². The van der Waals surface area contributed by atoms with Crippen LogP contribution in [0.4, 0.5) is 0 Å². The summed E-state index contributed by atoms with van der Waals surface area (Å²) < 4.78 is 9.85. The molecular formula is C12H13O4. The first-order chi connectivity index (χ1) is 7.61. The molecule has 0 fully saturated rings. The Morgan fingerprint density at radius 1 is 1.25 bits per heavy atom. The molecule has 0 spiro atoms. The van der Waals surface area contributed by atoms with Gasteiger partial charge >= 0.3 is 5.97 Å². The van der Waals surface area contributed by atoms with Gasteiger partial charge in [0.1, 0.15) is 24.6 Å². The van der Waals surface area contributed by atoms with Crippen LogP contribution < -0.4 is 4.74 Å². The van der Waals surface area contributed by atoms with Crippen molar-refractivity contribution in [2.45, 2.75) is 13.5 Å². The molecule has 0 heterocycles. The number of Topliss-reactive ketones (excluding diaryl/α,β-unsaturated/α-hetero) is 1. The van der Waals surface area contributed by atoms with Gasteiger partial charge in [0.2, 0.25) is 0 Å². The van der Waals surface area contributed by atoms with Gasteiger partial charge < -0.3 is 9.47 Å². The largest absolute Gasteiger partial charge is 0.497 e. The molecular weight excluding hydrogens is 208 g/mol. The summed E-state index contributed by atoms with van der Waals surface area (Å²) >= 11 is 0. The second-order valence-electron chi connectivity index (χ2n) is 3.21. The molecule has 0 aromatic heterocycles. The van der Waals surface area contributed by atoms with E-state index in [-0.39, 0.29) is 12.4 Å². The van der Waals surface area contributed by atoms with Crippen molar-refractivity contribution in [2.24, 2.45) is 0 Å². The molecule has 16 heavy (non-hydrogen) atoms. The molecule has 0 saturated carbocycles. The Hall–Kier alpha value is -1.84. The van der Waals surface area contributed by atoms with Crippen LogP contribution in [0.5, 0.6) is 5.75 Å². The smallest absolute Gasteiger partial charge is 0.318 e. The lowest BCUT2D eigenvalue weighted by Gasteiger charge is -2.04. The number of benzene rings is 1. The summed E-state index contributed by atoms with van der Waals surface area (Å²) in [4.78, 5) is 21.6. The van der Waals surface area contributed by atoms with Gasteiger partial charge in [0.15, 0.2) is 0 Å². The molecule has 1 rings (SSSR count). The first-order valence-corrected chi connectivity index (χ1v) is 4.77. The number of methoxy groups -OCH3 is 1. The number of ether oxygens (including phenoxy) is 2. The van der Waals surface area contributed by atoms with Crippen molar-refractivity contribution in [3.63, 3.8) is 0 Å². The fourth-order valence-corrected chi connectivity index (χ4v) is 1.08. The zero-order chi connectivity index (χ0) is 12.0. The number of hydrogen-bond donors (Lipinski definition) is 0. The SMILES string of the molecule is COc1ccc(COC(=O)[CH]C(C)=O)cc1. The van der Waals surface area contributed by atoms with Crippen LogP contribution in [-0.2, 0) is 20.9 Å². The minimum absolute atomic E-state index is 0.145. The number of esters is 1. The second kappa shape index (κ2) is 5.90. The predicted molar refractivity (Wildman–Crippen MR) is 57.8 cm³/mol. The van der Waals surface area contributed by atoms with Crippen LogP contribution in [0.3, 0.4) is 0 Å². The fourth-order valence-electron chi connectivity index (χ4n) is 1.08. The molecule has 0 saturated heterocycles. The average molecular weight is 221 g/mol. The Labute approximate surface area is 94.2 Å². The molecule has 0 unspecified atom stereocenters. The van der Waals surface area contributed by atoms with E-state index in [0.29, 0.717) is 0 Å². The van der Waals surface area contributed by atoms with Crippen LogP contribution >= 0.6 is 0 Å². The normalized spacial score (nSPS) is 9.62. The lowest BCUT2D eigenvalue weighted by Crippen LogP contribution is -2.09. The van der Waals surface area contributed by atoms with Crippen molar-refractivity contribution in [2.75, 3.05) is 7.11 Å². The van der Waals surface area contributed by atoms with Gasteiger partial charge in [-0.15, -0.1) is 0 Å². The van der Waals surface area contributed by atoms with E-state index in [1.807, 2.05) is 0 Å². The number of rotatable bonds is 5. The third-order valence-electron chi connectivity index (χ3n) is 1.86. The molecule has 85 valence electrons. The van der Waals surface area contributed by atoms with Gasteiger partial charge in [-0.05, 0) is 24.6 Å². The van der Waals surface area contributed by atoms with Crippen LogP contribution in [0.1, 0.15) is 12.5 Å². The maximum absolute atomic E-state index is 11.0. The summed E-state index contributed by atoms with van der Waals surface area (Å²) in [6.07, 6.45) is 0.920. The summed E-state index contributed by atoms with van der Waals surface area (Å²) in [5, 5.41) is 0. The molecule has 1 aromatic rings. The third-order valence-corrected chi connectivity index (χ3v) is 1.86. The van der Waals surface area contributed by atoms with Gasteiger partial charge in [0.25, 0.3) is 0 Å².